The molecule has 1 aliphatic carbocycles. The number of ether oxygens (including phenoxy) is 1. The maximum Gasteiger partial charge on any atom is 0.414 e. The minimum atomic E-state index is -0.459. The van der Waals surface area contributed by atoms with Crippen molar-refractivity contribution >= 4 is 11.8 Å². The highest BCUT2D eigenvalue weighted by molar-refractivity contribution is 5.91. The Morgan fingerprint density at radius 1 is 1.36 bits per heavy atom. The number of nitrogens with one attached hydrogen (secondary N) is 1. The molecule has 4 heteroatoms. The van der Waals surface area contributed by atoms with Gasteiger partial charge in [0.15, 0.2) is 0 Å². The van der Waals surface area contributed by atoms with Crippen LogP contribution in [0.4, 0.5) is 10.5 Å². The standard InChI is InChI=1S/C18H26N2O2/c1-18(2,3)22-17(21)20-10-9-14-5-4-6-15(16(14)20)12-19-11-13-7-8-13/h4-6,13,19H,7-12H2,1-3H3. The van der Waals surface area contributed by atoms with Gasteiger partial charge in [-0.3, -0.25) is 4.90 Å². The Morgan fingerprint density at radius 3 is 2.82 bits per heavy atom. The molecule has 120 valence electrons. The Balaban J connectivity index is 1.73. The van der Waals surface area contributed by atoms with Crippen molar-refractivity contribution in [1.82, 2.24) is 5.32 Å². The van der Waals surface area contributed by atoms with E-state index in [0.29, 0.717) is 6.54 Å². The number of para-hydroxylation sites is 1. The van der Waals surface area contributed by atoms with Crippen LogP contribution in [-0.4, -0.2) is 24.8 Å². The summed E-state index contributed by atoms with van der Waals surface area (Å²) in [6, 6.07) is 6.32. The van der Waals surface area contributed by atoms with Gasteiger partial charge in [-0.2, -0.15) is 0 Å². The highest BCUT2D eigenvalue weighted by Gasteiger charge is 2.30. The Labute approximate surface area is 132 Å². The minimum absolute atomic E-state index is 0.235. The molecule has 1 saturated carbocycles. The summed E-state index contributed by atoms with van der Waals surface area (Å²) in [6.45, 7) is 8.33. The van der Waals surface area contributed by atoms with Crippen molar-refractivity contribution in [3.05, 3.63) is 29.3 Å². The highest BCUT2D eigenvalue weighted by atomic mass is 16.6. The summed E-state index contributed by atoms with van der Waals surface area (Å²) in [7, 11) is 0. The molecule has 0 bridgehead atoms. The Morgan fingerprint density at radius 2 is 2.14 bits per heavy atom. The van der Waals surface area contributed by atoms with Crippen LogP contribution in [0.15, 0.2) is 18.2 Å². The second-order valence-corrected chi connectivity index (χ2v) is 7.38. The van der Waals surface area contributed by atoms with Gasteiger partial charge in [-0.15, -0.1) is 0 Å². The number of hydrogen-bond donors (Lipinski definition) is 1. The summed E-state index contributed by atoms with van der Waals surface area (Å²) < 4.78 is 5.55. The lowest BCUT2D eigenvalue weighted by molar-refractivity contribution is 0.0583. The van der Waals surface area contributed by atoms with Crippen LogP contribution < -0.4 is 10.2 Å². The van der Waals surface area contributed by atoms with Crippen molar-refractivity contribution < 1.29 is 9.53 Å². The Bertz CT molecular complexity index is 559. The summed E-state index contributed by atoms with van der Waals surface area (Å²) in [4.78, 5) is 14.3. The molecule has 0 spiro atoms. The number of fused-ring (bicyclic) bond motifs is 1. The third-order valence-corrected chi connectivity index (χ3v) is 4.14. The van der Waals surface area contributed by atoms with Gasteiger partial charge in [-0.1, -0.05) is 18.2 Å². The summed E-state index contributed by atoms with van der Waals surface area (Å²) in [5.74, 6) is 0.860. The van der Waals surface area contributed by atoms with E-state index in [2.05, 4.69) is 23.5 Å². The van der Waals surface area contributed by atoms with E-state index in [0.717, 1.165) is 31.1 Å². The number of amides is 1. The molecule has 1 amide bonds. The van der Waals surface area contributed by atoms with Gasteiger partial charge in [-0.25, -0.2) is 4.79 Å². The molecule has 1 aromatic rings. The van der Waals surface area contributed by atoms with E-state index in [4.69, 9.17) is 4.74 Å². The molecule has 1 aromatic carbocycles. The Hall–Kier alpha value is -1.55. The average Bonchev–Trinajstić information content (AvgIpc) is 3.14. The maximum atomic E-state index is 12.5. The molecule has 1 aliphatic heterocycles. The van der Waals surface area contributed by atoms with Crippen molar-refractivity contribution in [2.75, 3.05) is 18.0 Å². The molecule has 1 N–H and O–H groups in total. The number of carbonyl (C=O) groups excluding carboxylic acids is 1. The van der Waals surface area contributed by atoms with Crippen molar-refractivity contribution in [3.63, 3.8) is 0 Å². The first kappa shape index (κ1) is 15.3. The van der Waals surface area contributed by atoms with Crippen LogP contribution in [0.2, 0.25) is 0 Å². The second kappa shape index (κ2) is 5.92. The number of hydrogen-bond acceptors (Lipinski definition) is 3. The zero-order valence-corrected chi connectivity index (χ0v) is 13.8. The first-order valence-electron chi connectivity index (χ1n) is 8.26. The van der Waals surface area contributed by atoms with E-state index < -0.39 is 5.60 Å². The van der Waals surface area contributed by atoms with Gasteiger partial charge in [0.2, 0.25) is 0 Å². The smallest absolute Gasteiger partial charge is 0.414 e. The van der Waals surface area contributed by atoms with E-state index in [1.165, 1.54) is 24.0 Å². The van der Waals surface area contributed by atoms with Gasteiger partial charge >= 0.3 is 6.09 Å². The largest absolute Gasteiger partial charge is 0.443 e. The number of nitrogens with zero attached hydrogens (tertiary/aromatic N) is 1. The lowest BCUT2D eigenvalue weighted by Crippen LogP contribution is -2.36. The molecular formula is C18H26N2O2. The van der Waals surface area contributed by atoms with Crippen molar-refractivity contribution in [2.45, 2.75) is 52.2 Å². The summed E-state index contributed by atoms with van der Waals surface area (Å²) in [5.41, 5.74) is 3.04. The van der Waals surface area contributed by atoms with Crippen LogP contribution in [0.5, 0.6) is 0 Å². The monoisotopic (exact) mass is 302 g/mol. The lowest BCUT2D eigenvalue weighted by Gasteiger charge is -2.26. The quantitative estimate of drug-likeness (QED) is 0.926. The van der Waals surface area contributed by atoms with Crippen LogP contribution in [0.3, 0.4) is 0 Å². The SMILES string of the molecule is CC(C)(C)OC(=O)N1CCc2cccc(CNCC3CC3)c21. The molecule has 4 nitrogen and oxygen atoms in total. The number of benzene rings is 1. The molecule has 0 saturated heterocycles. The van der Waals surface area contributed by atoms with E-state index in [-0.39, 0.29) is 6.09 Å². The average molecular weight is 302 g/mol. The number of rotatable bonds is 4. The maximum absolute atomic E-state index is 12.5. The minimum Gasteiger partial charge on any atom is -0.443 e. The third kappa shape index (κ3) is 3.61. The fourth-order valence-electron chi connectivity index (χ4n) is 2.91. The summed E-state index contributed by atoms with van der Waals surface area (Å²) in [5, 5.41) is 3.52. The van der Waals surface area contributed by atoms with E-state index in [9.17, 15) is 4.79 Å². The van der Waals surface area contributed by atoms with E-state index >= 15 is 0 Å². The summed E-state index contributed by atoms with van der Waals surface area (Å²) in [6.07, 6.45) is 3.37. The fraction of sp³-hybridized carbons (Fsp3) is 0.611. The highest BCUT2D eigenvalue weighted by Crippen LogP contribution is 2.33. The Kier molecular flexibility index (Phi) is 4.13. The van der Waals surface area contributed by atoms with Crippen molar-refractivity contribution in [2.24, 2.45) is 5.92 Å². The molecule has 1 heterocycles. The fourth-order valence-corrected chi connectivity index (χ4v) is 2.91. The molecular weight excluding hydrogens is 276 g/mol. The van der Waals surface area contributed by atoms with Crippen LogP contribution in [0.1, 0.15) is 44.7 Å². The van der Waals surface area contributed by atoms with E-state index in [1.807, 2.05) is 20.8 Å². The van der Waals surface area contributed by atoms with Crippen molar-refractivity contribution in [3.8, 4) is 0 Å². The zero-order valence-electron chi connectivity index (χ0n) is 13.8. The van der Waals surface area contributed by atoms with Crippen molar-refractivity contribution in [1.29, 1.82) is 0 Å². The summed E-state index contributed by atoms with van der Waals surface area (Å²) >= 11 is 0. The first-order chi connectivity index (χ1) is 10.4. The molecule has 0 radical (unpaired) electrons. The van der Waals surface area contributed by atoms with Gasteiger partial charge in [0.25, 0.3) is 0 Å². The topological polar surface area (TPSA) is 41.6 Å². The van der Waals surface area contributed by atoms with Crippen LogP contribution in [0.25, 0.3) is 0 Å². The van der Waals surface area contributed by atoms with Gasteiger partial charge in [-0.05, 0) is 63.6 Å². The van der Waals surface area contributed by atoms with Gasteiger partial charge < -0.3 is 10.1 Å². The van der Waals surface area contributed by atoms with Crippen LogP contribution >= 0.6 is 0 Å². The predicted molar refractivity (Wildman–Crippen MR) is 88.2 cm³/mol. The molecule has 0 atom stereocenters. The van der Waals surface area contributed by atoms with Gasteiger partial charge in [0.1, 0.15) is 5.60 Å². The molecule has 1 fully saturated rings. The lowest BCUT2D eigenvalue weighted by atomic mass is 10.1. The number of carbonyl (C=O) groups is 1. The predicted octanol–water partition coefficient (Wildman–Crippen LogP) is 3.48. The number of anilines is 1. The normalized spacial score (nSPS) is 17.5. The van der Waals surface area contributed by atoms with Crippen LogP contribution in [-0.2, 0) is 17.7 Å². The van der Waals surface area contributed by atoms with Gasteiger partial charge in [0.05, 0.1) is 5.69 Å². The molecule has 22 heavy (non-hydrogen) atoms. The second-order valence-electron chi connectivity index (χ2n) is 7.38. The third-order valence-electron chi connectivity index (χ3n) is 4.14. The van der Waals surface area contributed by atoms with Crippen LogP contribution in [0, 0.1) is 5.92 Å². The zero-order chi connectivity index (χ0) is 15.7. The van der Waals surface area contributed by atoms with E-state index in [1.54, 1.807) is 4.90 Å². The molecule has 3 rings (SSSR count). The molecule has 0 aromatic heterocycles. The van der Waals surface area contributed by atoms with Gasteiger partial charge in [0, 0.05) is 13.1 Å². The first-order valence-corrected chi connectivity index (χ1v) is 8.26. The molecule has 0 unspecified atom stereocenters. The molecule has 2 aliphatic rings.